The van der Waals surface area contributed by atoms with E-state index >= 15 is 0 Å². The van der Waals surface area contributed by atoms with Gasteiger partial charge in [-0.3, -0.25) is 9.48 Å². The predicted octanol–water partition coefficient (Wildman–Crippen LogP) is 3.08. The Bertz CT molecular complexity index is 1280. The minimum Gasteiger partial charge on any atom is -0.344 e. The summed E-state index contributed by atoms with van der Waals surface area (Å²) < 4.78 is 43.3. The molecule has 1 N–H and O–H groups in total. The van der Waals surface area contributed by atoms with Crippen molar-refractivity contribution in [1.82, 2.24) is 34.3 Å². The summed E-state index contributed by atoms with van der Waals surface area (Å²) in [5, 5.41) is 10.9. The number of amides is 1. The molecule has 4 heterocycles. The Balaban J connectivity index is 1.42. The number of aryl methyl sites for hydroxylation is 2. The molecule has 31 heavy (non-hydrogen) atoms. The topological polar surface area (TPSA) is 82.0 Å². The number of pyridine rings is 1. The van der Waals surface area contributed by atoms with Crippen LogP contribution in [0, 0.1) is 0 Å². The van der Waals surface area contributed by atoms with Gasteiger partial charge in [0.25, 0.3) is 5.91 Å². The molecule has 0 spiro atoms. The fraction of sp³-hybridized carbons (Fsp3) is 0.300. The molecule has 0 radical (unpaired) electrons. The van der Waals surface area contributed by atoms with Gasteiger partial charge in [0.15, 0.2) is 5.69 Å². The van der Waals surface area contributed by atoms with Crippen LogP contribution in [-0.4, -0.2) is 34.9 Å². The second kappa shape index (κ2) is 6.96. The first kappa shape index (κ1) is 19.3. The zero-order chi connectivity index (χ0) is 21.8. The molecule has 0 saturated heterocycles. The van der Waals surface area contributed by atoms with Crippen LogP contribution in [0.1, 0.15) is 46.3 Å². The Kier molecular flexibility index (Phi) is 4.34. The Morgan fingerprint density at radius 2 is 2.06 bits per heavy atom. The van der Waals surface area contributed by atoms with Gasteiger partial charge in [0.2, 0.25) is 0 Å². The lowest BCUT2D eigenvalue weighted by atomic mass is 9.93. The van der Waals surface area contributed by atoms with Gasteiger partial charge >= 0.3 is 6.18 Å². The highest BCUT2D eigenvalue weighted by atomic mass is 19.4. The first-order valence-electron chi connectivity index (χ1n) is 9.73. The van der Waals surface area contributed by atoms with Crippen LogP contribution in [-0.2, 0) is 19.6 Å². The lowest BCUT2D eigenvalue weighted by molar-refractivity contribution is -0.141. The van der Waals surface area contributed by atoms with Gasteiger partial charge in [-0.25, -0.2) is 9.67 Å². The van der Waals surface area contributed by atoms with Gasteiger partial charge < -0.3 is 9.72 Å². The first-order valence-corrected chi connectivity index (χ1v) is 9.73. The second-order valence-electron chi connectivity index (χ2n) is 7.51. The molecule has 1 aliphatic rings. The van der Waals surface area contributed by atoms with E-state index < -0.39 is 17.8 Å². The molecule has 0 aliphatic heterocycles. The monoisotopic (exact) mass is 429 g/mol. The Morgan fingerprint density at radius 1 is 1.23 bits per heavy atom. The number of nitrogens with zero attached hydrogens (tertiary/aromatic N) is 6. The number of aromatic nitrogens is 6. The minimum absolute atomic E-state index is 0.142. The van der Waals surface area contributed by atoms with Crippen LogP contribution in [0.15, 0.2) is 43.0 Å². The van der Waals surface area contributed by atoms with E-state index in [-0.39, 0.29) is 11.7 Å². The van der Waals surface area contributed by atoms with E-state index in [4.69, 9.17) is 0 Å². The highest BCUT2D eigenvalue weighted by Gasteiger charge is 2.36. The van der Waals surface area contributed by atoms with Gasteiger partial charge in [-0.1, -0.05) is 0 Å². The smallest absolute Gasteiger partial charge is 0.344 e. The lowest BCUT2D eigenvalue weighted by Crippen LogP contribution is -2.31. The number of hydrogen-bond acceptors (Lipinski definition) is 4. The summed E-state index contributed by atoms with van der Waals surface area (Å²) in [6.45, 7) is 0. The van der Waals surface area contributed by atoms with Gasteiger partial charge in [0, 0.05) is 49.5 Å². The molecule has 0 fully saturated rings. The van der Waals surface area contributed by atoms with Crippen LogP contribution in [0.2, 0.25) is 0 Å². The highest BCUT2D eigenvalue weighted by Crippen LogP contribution is 2.31. The molecule has 4 aromatic heterocycles. The third kappa shape index (κ3) is 3.45. The van der Waals surface area contributed by atoms with Crippen LogP contribution < -0.4 is 5.32 Å². The second-order valence-corrected chi connectivity index (χ2v) is 7.51. The first-order chi connectivity index (χ1) is 14.8. The zero-order valence-electron chi connectivity index (χ0n) is 16.5. The molecule has 1 amide bonds. The van der Waals surface area contributed by atoms with E-state index in [0.717, 1.165) is 46.2 Å². The summed E-state index contributed by atoms with van der Waals surface area (Å²) in [5.74, 6) is -0.602. The molecule has 0 unspecified atom stereocenters. The molecule has 1 aliphatic carbocycles. The number of carbonyl (C=O) groups is 1. The third-order valence-electron chi connectivity index (χ3n) is 5.46. The summed E-state index contributed by atoms with van der Waals surface area (Å²) in [5.41, 5.74) is 2.11. The molecule has 0 bridgehead atoms. The van der Waals surface area contributed by atoms with E-state index in [1.54, 1.807) is 10.9 Å². The van der Waals surface area contributed by atoms with Crippen molar-refractivity contribution in [3.8, 4) is 5.69 Å². The molecule has 11 heteroatoms. The molecule has 0 saturated carbocycles. The Hall–Kier alpha value is -3.63. The SMILES string of the molecule is Cn1nc(C(F)(F)F)cc1C(=O)N[C@@H]1CCCc2nn(-c3ccn4ccnc4c3)cc21. The van der Waals surface area contributed by atoms with Crippen LogP contribution in [0.25, 0.3) is 11.3 Å². The number of nitrogens with one attached hydrogen (secondary N) is 1. The van der Waals surface area contributed by atoms with Gasteiger partial charge in [0.1, 0.15) is 11.3 Å². The Morgan fingerprint density at radius 3 is 2.84 bits per heavy atom. The van der Waals surface area contributed by atoms with Crippen molar-refractivity contribution in [3.63, 3.8) is 0 Å². The molecule has 4 aromatic rings. The fourth-order valence-electron chi connectivity index (χ4n) is 3.91. The summed E-state index contributed by atoms with van der Waals surface area (Å²) in [6.07, 6.45) is 4.95. The van der Waals surface area contributed by atoms with Crippen LogP contribution >= 0.6 is 0 Å². The maximum Gasteiger partial charge on any atom is 0.435 e. The van der Waals surface area contributed by atoms with Crippen molar-refractivity contribution in [3.05, 3.63) is 65.6 Å². The molecule has 0 aromatic carbocycles. The molecular formula is C20H18F3N7O. The average Bonchev–Trinajstić information content (AvgIpc) is 3.44. The summed E-state index contributed by atoms with van der Waals surface area (Å²) in [4.78, 5) is 17.0. The minimum atomic E-state index is -4.61. The largest absolute Gasteiger partial charge is 0.435 e. The number of imidazole rings is 1. The summed E-state index contributed by atoms with van der Waals surface area (Å²) >= 11 is 0. The van der Waals surface area contributed by atoms with Crippen molar-refractivity contribution in [2.24, 2.45) is 7.05 Å². The van der Waals surface area contributed by atoms with Crippen molar-refractivity contribution < 1.29 is 18.0 Å². The number of alkyl halides is 3. The third-order valence-corrected chi connectivity index (χ3v) is 5.46. The standard InChI is InChI=1S/C20H18F3N7O/c1-28-16(10-17(27-28)20(21,22)23)19(31)25-14-3-2-4-15-13(14)11-30(26-15)12-5-7-29-8-6-24-18(29)9-12/h5-11,14H,2-4H2,1H3,(H,25,31)/t14-/m1/s1. The van der Waals surface area contributed by atoms with Gasteiger partial charge in [-0.15, -0.1) is 0 Å². The zero-order valence-corrected chi connectivity index (χ0v) is 16.5. The van der Waals surface area contributed by atoms with E-state index in [1.807, 2.05) is 35.1 Å². The van der Waals surface area contributed by atoms with Crippen LogP contribution in [0.4, 0.5) is 13.2 Å². The van der Waals surface area contributed by atoms with Gasteiger partial charge in [-0.05, 0) is 25.3 Å². The molecule has 5 rings (SSSR count). The van der Waals surface area contributed by atoms with Gasteiger partial charge in [-0.2, -0.15) is 23.4 Å². The van der Waals surface area contributed by atoms with Crippen LogP contribution in [0.3, 0.4) is 0 Å². The van der Waals surface area contributed by atoms with E-state index in [9.17, 15) is 18.0 Å². The molecule has 160 valence electrons. The molecular weight excluding hydrogens is 411 g/mol. The quantitative estimate of drug-likeness (QED) is 0.543. The molecule has 1 atom stereocenters. The fourth-order valence-corrected chi connectivity index (χ4v) is 3.91. The number of rotatable bonds is 3. The van der Waals surface area contributed by atoms with Crippen molar-refractivity contribution in [2.75, 3.05) is 0 Å². The summed E-state index contributed by atoms with van der Waals surface area (Å²) in [6, 6.07) is 4.24. The highest BCUT2D eigenvalue weighted by molar-refractivity contribution is 5.93. The van der Waals surface area contributed by atoms with Crippen molar-refractivity contribution >= 4 is 11.6 Å². The number of carbonyl (C=O) groups excluding carboxylic acids is 1. The van der Waals surface area contributed by atoms with Crippen LogP contribution in [0.5, 0.6) is 0 Å². The molecule has 8 nitrogen and oxygen atoms in total. The van der Waals surface area contributed by atoms with E-state index in [1.165, 1.54) is 7.05 Å². The number of hydrogen-bond donors (Lipinski definition) is 1. The summed E-state index contributed by atoms with van der Waals surface area (Å²) in [7, 11) is 1.32. The maximum atomic E-state index is 12.9. The van der Waals surface area contributed by atoms with E-state index in [0.29, 0.717) is 6.42 Å². The average molecular weight is 429 g/mol. The van der Waals surface area contributed by atoms with Crippen molar-refractivity contribution in [1.29, 1.82) is 0 Å². The maximum absolute atomic E-state index is 12.9. The van der Waals surface area contributed by atoms with Crippen molar-refractivity contribution in [2.45, 2.75) is 31.5 Å². The number of fused-ring (bicyclic) bond motifs is 2. The normalized spacial score (nSPS) is 16.5. The lowest BCUT2D eigenvalue weighted by Gasteiger charge is -2.22. The van der Waals surface area contributed by atoms with Gasteiger partial charge in [0.05, 0.1) is 17.4 Å². The Labute approximate surface area is 174 Å². The number of halogens is 3. The predicted molar refractivity (Wildman–Crippen MR) is 104 cm³/mol. The van der Waals surface area contributed by atoms with E-state index in [2.05, 4.69) is 20.5 Å².